The number of benzene rings is 7. The molecule has 325 valence electrons. The quantitative estimate of drug-likeness (QED) is 0.118. The van der Waals surface area contributed by atoms with E-state index in [4.69, 9.17) is 5.10 Å². The van der Waals surface area contributed by atoms with Gasteiger partial charge in [-0.3, -0.25) is 0 Å². The maximum atomic E-state index is 5.52. The molecular formula is C58H60AuN4-2. The second-order valence-corrected chi connectivity index (χ2v) is 19.2. The number of fused-ring (bicyclic) bond motifs is 3. The largest absolute Gasteiger partial charge is 0.657 e. The minimum Gasteiger partial charge on any atom is -0.657 e. The molecule has 0 unspecified atom stereocenters. The summed E-state index contributed by atoms with van der Waals surface area (Å²) in [7, 11) is 0. The first kappa shape index (κ1) is 45.4. The van der Waals surface area contributed by atoms with Crippen molar-refractivity contribution in [3.8, 4) is 22.3 Å². The molecule has 1 aliphatic rings. The molecule has 63 heavy (non-hydrogen) atoms. The zero-order chi connectivity index (χ0) is 43.8. The summed E-state index contributed by atoms with van der Waals surface area (Å²) >= 11 is 0. The van der Waals surface area contributed by atoms with E-state index in [9.17, 15) is 0 Å². The summed E-state index contributed by atoms with van der Waals surface area (Å²) in [6.07, 6.45) is 0. The number of rotatable bonds is 7. The average molecular weight is 1010 g/mol. The summed E-state index contributed by atoms with van der Waals surface area (Å²) in [6.45, 7) is 25.2. The number of hydrogen-bond acceptors (Lipinski definition) is 3. The Labute approximate surface area is 391 Å². The Morgan fingerprint density at radius 1 is 0.476 bits per heavy atom. The first-order chi connectivity index (χ1) is 29.7. The zero-order valence-corrected chi connectivity index (χ0v) is 40.6. The molecule has 0 N–H and O–H groups in total. The molecule has 8 aromatic rings. The number of aromatic nitrogens is 1. The third-order valence-corrected chi connectivity index (χ3v) is 11.9. The van der Waals surface area contributed by atoms with Gasteiger partial charge in [0, 0.05) is 50.4 Å². The fraction of sp³-hybridized carbons (Fsp3) is 0.241. The van der Waals surface area contributed by atoms with Crippen LogP contribution in [0.3, 0.4) is 0 Å². The van der Waals surface area contributed by atoms with Crippen molar-refractivity contribution in [3.63, 3.8) is 0 Å². The van der Waals surface area contributed by atoms with Crippen LogP contribution < -0.4 is 14.9 Å². The zero-order valence-electron chi connectivity index (χ0n) is 38.4. The van der Waals surface area contributed by atoms with E-state index in [1.54, 1.807) is 0 Å². The normalized spacial score (nSPS) is 13.0. The van der Waals surface area contributed by atoms with Crippen LogP contribution in [-0.2, 0) is 33.2 Å². The van der Waals surface area contributed by atoms with Crippen LogP contribution in [0.5, 0.6) is 0 Å². The average Bonchev–Trinajstić information content (AvgIpc) is 3.88. The van der Waals surface area contributed by atoms with E-state index in [2.05, 4.69) is 242 Å². The monoisotopic (exact) mass is 1010 g/mol. The van der Waals surface area contributed by atoms with Gasteiger partial charge in [0.2, 0.25) is 0 Å². The molecule has 7 aromatic carbocycles. The van der Waals surface area contributed by atoms with Gasteiger partial charge in [0.25, 0.3) is 0 Å². The Morgan fingerprint density at radius 3 is 1.41 bits per heavy atom. The summed E-state index contributed by atoms with van der Waals surface area (Å²) in [4.78, 5) is 6.86. The van der Waals surface area contributed by atoms with Crippen molar-refractivity contribution in [3.05, 3.63) is 198 Å². The van der Waals surface area contributed by atoms with E-state index in [1.807, 2.05) is 12.1 Å². The van der Waals surface area contributed by atoms with Crippen LogP contribution in [0.1, 0.15) is 109 Å². The predicted molar refractivity (Wildman–Crippen MR) is 266 cm³/mol. The van der Waals surface area contributed by atoms with Crippen LogP contribution in [0.2, 0.25) is 0 Å². The molecule has 0 spiro atoms. The van der Waals surface area contributed by atoms with E-state index in [1.165, 1.54) is 44.3 Å². The van der Waals surface area contributed by atoms with Gasteiger partial charge in [0.1, 0.15) is 5.84 Å². The number of hydrazone groups is 1. The molecule has 1 aromatic heterocycles. The number of hydrogen-bond donors (Lipinski definition) is 0. The SMILES string of the molecule is CC(C)c1cccc(C(C)C)c1N1[CH-]N(c2c(-c3ccccc3)cccc2-c2cc(C(C)(C)C)cc(C(C)(C)C)c2)N=C1c1ccccc1.[Au].c1ccc2c(c1)[n-]c1ccccc12. The summed E-state index contributed by atoms with van der Waals surface area (Å²) in [6, 6.07) is 58.5. The third-order valence-electron chi connectivity index (χ3n) is 11.9. The maximum absolute atomic E-state index is 5.52. The van der Waals surface area contributed by atoms with E-state index in [0.29, 0.717) is 11.8 Å². The Morgan fingerprint density at radius 2 is 0.921 bits per heavy atom. The van der Waals surface area contributed by atoms with Crippen molar-refractivity contribution < 1.29 is 22.4 Å². The Hall–Kier alpha value is -5.65. The molecular weight excluding hydrogens is 950 g/mol. The van der Waals surface area contributed by atoms with Gasteiger partial charge in [-0.25, -0.2) is 0 Å². The van der Waals surface area contributed by atoms with Crippen molar-refractivity contribution in [2.75, 3.05) is 9.91 Å². The van der Waals surface area contributed by atoms with Crippen LogP contribution in [0.25, 0.3) is 44.1 Å². The van der Waals surface area contributed by atoms with Gasteiger partial charge >= 0.3 is 0 Å². The summed E-state index contributed by atoms with van der Waals surface area (Å²) in [5.41, 5.74) is 15.5. The third kappa shape index (κ3) is 9.50. The van der Waals surface area contributed by atoms with E-state index in [0.717, 1.165) is 44.8 Å². The molecule has 0 amide bonds. The molecule has 4 nitrogen and oxygen atoms in total. The molecule has 0 fully saturated rings. The topological polar surface area (TPSA) is 32.9 Å². The minimum absolute atomic E-state index is 0. The van der Waals surface area contributed by atoms with Gasteiger partial charge in [0.05, 0.1) is 0 Å². The second-order valence-electron chi connectivity index (χ2n) is 19.2. The molecule has 0 bridgehead atoms. The van der Waals surface area contributed by atoms with Crippen LogP contribution in [-0.4, -0.2) is 5.84 Å². The summed E-state index contributed by atoms with van der Waals surface area (Å²) < 4.78 is 0. The van der Waals surface area contributed by atoms with Crippen molar-refractivity contribution in [1.29, 1.82) is 0 Å². The minimum atomic E-state index is -0.00375. The maximum Gasteiger partial charge on any atom is 0.129 e. The molecule has 0 atom stereocenters. The Balaban J connectivity index is 0.000000359. The van der Waals surface area contributed by atoms with Gasteiger partial charge in [0.15, 0.2) is 0 Å². The molecule has 9 rings (SSSR count). The first-order valence-corrected chi connectivity index (χ1v) is 22.1. The summed E-state index contributed by atoms with van der Waals surface area (Å²) in [5, 5.41) is 10.2. The van der Waals surface area contributed by atoms with E-state index in [-0.39, 0.29) is 33.2 Å². The second kappa shape index (κ2) is 18.6. The van der Waals surface area contributed by atoms with Gasteiger partial charge in [-0.05, 0) is 66.8 Å². The number of amidine groups is 1. The van der Waals surface area contributed by atoms with Gasteiger partial charge < -0.3 is 14.9 Å². The predicted octanol–water partition coefficient (Wildman–Crippen LogP) is 15.6. The molecule has 0 saturated carbocycles. The van der Waals surface area contributed by atoms with Crippen molar-refractivity contribution >= 4 is 39.0 Å². The smallest absolute Gasteiger partial charge is 0.129 e. The van der Waals surface area contributed by atoms with E-state index >= 15 is 0 Å². The Bertz CT molecular complexity index is 2750. The fourth-order valence-electron chi connectivity index (χ4n) is 8.44. The van der Waals surface area contributed by atoms with Crippen LogP contribution >= 0.6 is 0 Å². The van der Waals surface area contributed by atoms with E-state index < -0.39 is 0 Å². The van der Waals surface area contributed by atoms with Crippen LogP contribution in [0.15, 0.2) is 169 Å². The van der Waals surface area contributed by atoms with Crippen LogP contribution in [0, 0.1) is 6.67 Å². The Kier molecular flexibility index (Phi) is 13.4. The molecule has 0 saturated heterocycles. The first-order valence-electron chi connectivity index (χ1n) is 22.1. The van der Waals surface area contributed by atoms with Crippen molar-refractivity contribution in [1.82, 2.24) is 4.98 Å². The van der Waals surface area contributed by atoms with Gasteiger partial charge in [-0.1, -0.05) is 233 Å². The fourth-order valence-corrected chi connectivity index (χ4v) is 8.44. The molecule has 0 aliphatic carbocycles. The van der Waals surface area contributed by atoms with Crippen molar-refractivity contribution in [2.45, 2.75) is 91.9 Å². The number of para-hydroxylation sites is 4. The number of nitrogens with zero attached hydrogens (tertiary/aromatic N) is 4. The standard InChI is InChI=1S/C46H52N3.C12H8N.Au/c1-31(2)38-23-17-24-39(32(3)4)42(38)48-30-49(47-44(48)34-21-15-12-16-22-34)43-40(33-19-13-11-14-20-33)25-18-26-41(43)35-27-36(45(5,6)7)29-37(28-35)46(8,9)10;1-3-7-11-9(5-1)10-6-2-4-8-12(10)13-11;/h11-32H,1-10H3;1-8H;/q2*-1;. The number of anilines is 2. The van der Waals surface area contributed by atoms with Gasteiger partial charge in [-0.15, -0.1) is 17.7 Å². The molecule has 1 radical (unpaired) electrons. The van der Waals surface area contributed by atoms with Gasteiger partial charge in [-0.2, -0.15) is 5.10 Å². The molecule has 5 heteroatoms. The summed E-state index contributed by atoms with van der Waals surface area (Å²) in [5.74, 6) is 1.61. The van der Waals surface area contributed by atoms with Crippen LogP contribution in [0.4, 0.5) is 11.4 Å². The molecule has 2 heterocycles. The van der Waals surface area contributed by atoms with Crippen molar-refractivity contribution in [2.24, 2.45) is 5.10 Å². The molecule has 1 aliphatic heterocycles.